The van der Waals surface area contributed by atoms with Crippen LogP contribution < -0.4 is 4.90 Å². The van der Waals surface area contributed by atoms with Crippen molar-refractivity contribution in [3.05, 3.63) is 17.0 Å². The molecule has 22 heavy (non-hydrogen) atoms. The van der Waals surface area contributed by atoms with Crippen molar-refractivity contribution in [2.45, 2.75) is 64.1 Å². The lowest BCUT2D eigenvalue weighted by atomic mass is 10.0. The molecule has 0 bridgehead atoms. The van der Waals surface area contributed by atoms with Crippen molar-refractivity contribution in [3.63, 3.8) is 0 Å². The van der Waals surface area contributed by atoms with Gasteiger partial charge < -0.3 is 14.4 Å². The molecule has 0 amide bonds. The highest BCUT2D eigenvalue weighted by Crippen LogP contribution is 2.46. The lowest BCUT2D eigenvalue weighted by Crippen LogP contribution is -2.43. The summed E-state index contributed by atoms with van der Waals surface area (Å²) in [5.41, 5.74) is 1.07. The Morgan fingerprint density at radius 1 is 1.32 bits per heavy atom. The van der Waals surface area contributed by atoms with E-state index in [0.29, 0.717) is 17.1 Å². The Balaban J connectivity index is 1.66. The zero-order valence-corrected chi connectivity index (χ0v) is 14.0. The van der Waals surface area contributed by atoms with Crippen LogP contribution in [-0.2, 0) is 15.9 Å². The van der Waals surface area contributed by atoms with Gasteiger partial charge in [0, 0.05) is 12.1 Å². The number of nitrogens with zero attached hydrogens (tertiary/aromatic N) is 3. The molecule has 0 spiro atoms. The molecule has 2 aliphatic heterocycles. The van der Waals surface area contributed by atoms with Crippen LogP contribution in [0.3, 0.4) is 0 Å². The van der Waals surface area contributed by atoms with Crippen LogP contribution >= 0.6 is 11.6 Å². The fourth-order valence-electron chi connectivity index (χ4n) is 4.27. The van der Waals surface area contributed by atoms with Gasteiger partial charge in [-0.2, -0.15) is 0 Å². The van der Waals surface area contributed by atoms with Gasteiger partial charge in [-0.3, -0.25) is 0 Å². The van der Waals surface area contributed by atoms with Gasteiger partial charge in [0.15, 0.2) is 5.79 Å². The molecular weight excluding hydrogens is 302 g/mol. The summed E-state index contributed by atoms with van der Waals surface area (Å²) >= 11 is 6.22. The number of anilines is 1. The van der Waals surface area contributed by atoms with Crippen molar-refractivity contribution in [1.82, 2.24) is 9.97 Å². The van der Waals surface area contributed by atoms with E-state index in [0.717, 1.165) is 37.2 Å². The van der Waals surface area contributed by atoms with E-state index in [-0.39, 0.29) is 12.2 Å². The average Bonchev–Trinajstić information content (AvgIpc) is 3.10. The van der Waals surface area contributed by atoms with Crippen molar-refractivity contribution >= 4 is 17.4 Å². The van der Waals surface area contributed by atoms with E-state index >= 15 is 0 Å². The molecule has 0 N–H and O–H groups in total. The van der Waals surface area contributed by atoms with Crippen LogP contribution in [0.1, 0.15) is 39.2 Å². The summed E-state index contributed by atoms with van der Waals surface area (Å²) in [6.45, 7) is 7.18. The van der Waals surface area contributed by atoms with Gasteiger partial charge in [-0.1, -0.05) is 24.9 Å². The second-order valence-electron chi connectivity index (χ2n) is 6.95. The minimum Gasteiger partial charge on any atom is -0.350 e. The SMILES string of the molecule is CC[C@H]1C[C@@H](N2CCc3c(Cl)ncnc32)[C@@H]2OC(C)(C)O[C@H]12. The maximum atomic E-state index is 6.23. The van der Waals surface area contributed by atoms with Gasteiger partial charge in [-0.05, 0) is 32.6 Å². The zero-order chi connectivity index (χ0) is 15.5. The first-order chi connectivity index (χ1) is 10.5. The molecule has 3 heterocycles. The van der Waals surface area contributed by atoms with Crippen LogP contribution in [0.4, 0.5) is 5.82 Å². The second kappa shape index (κ2) is 5.05. The molecular formula is C16H22ClN3O2. The largest absolute Gasteiger partial charge is 0.350 e. The Bertz CT molecular complexity index is 595. The monoisotopic (exact) mass is 323 g/mol. The van der Waals surface area contributed by atoms with Crippen molar-refractivity contribution in [1.29, 1.82) is 0 Å². The number of hydrogen-bond donors (Lipinski definition) is 0. The highest BCUT2D eigenvalue weighted by molar-refractivity contribution is 6.30. The predicted octanol–water partition coefficient (Wildman–Crippen LogP) is 2.81. The highest BCUT2D eigenvalue weighted by atomic mass is 35.5. The Labute approximate surface area is 136 Å². The third-order valence-corrected chi connectivity index (χ3v) is 5.55. The van der Waals surface area contributed by atoms with Gasteiger partial charge in [0.1, 0.15) is 23.4 Å². The summed E-state index contributed by atoms with van der Waals surface area (Å²) in [6.07, 6.45) is 4.96. The molecule has 1 aromatic rings. The third-order valence-electron chi connectivity index (χ3n) is 5.22. The smallest absolute Gasteiger partial charge is 0.163 e. The summed E-state index contributed by atoms with van der Waals surface area (Å²) in [6, 6.07) is 0.309. The number of rotatable bonds is 2. The standard InChI is InChI=1S/C16H22ClN3O2/c1-4-9-7-11(13-12(9)21-16(2,3)22-13)20-6-5-10-14(17)18-8-19-15(10)20/h8-9,11-13H,4-7H2,1-3H3/t9-,11+,12+,13-/m0/s1. The van der Waals surface area contributed by atoms with Crippen LogP contribution in [0.5, 0.6) is 0 Å². The fraction of sp³-hybridized carbons (Fsp3) is 0.750. The Hall–Kier alpha value is -0.910. The molecule has 0 radical (unpaired) electrons. The van der Waals surface area contributed by atoms with Crippen LogP contribution in [0.25, 0.3) is 0 Å². The maximum Gasteiger partial charge on any atom is 0.163 e. The first-order valence-corrected chi connectivity index (χ1v) is 8.49. The first kappa shape index (κ1) is 14.7. The molecule has 1 aromatic heterocycles. The highest BCUT2D eigenvalue weighted by Gasteiger charge is 2.55. The molecule has 4 atom stereocenters. The average molecular weight is 324 g/mol. The lowest BCUT2D eigenvalue weighted by molar-refractivity contribution is -0.157. The normalized spacial score (nSPS) is 35.7. The molecule has 4 rings (SSSR count). The van der Waals surface area contributed by atoms with Crippen molar-refractivity contribution in [2.24, 2.45) is 5.92 Å². The van der Waals surface area contributed by atoms with Gasteiger partial charge in [0.2, 0.25) is 0 Å². The summed E-state index contributed by atoms with van der Waals surface area (Å²) in [5.74, 6) is 1.03. The van der Waals surface area contributed by atoms with Gasteiger partial charge in [0.05, 0.1) is 12.1 Å². The molecule has 0 aromatic carbocycles. The summed E-state index contributed by atoms with van der Waals surface area (Å²) < 4.78 is 12.4. The number of ether oxygens (including phenoxy) is 2. The minimum atomic E-state index is -0.493. The number of hydrogen-bond acceptors (Lipinski definition) is 5. The van der Waals surface area contributed by atoms with E-state index in [2.05, 4.69) is 21.8 Å². The van der Waals surface area contributed by atoms with Crippen LogP contribution in [-0.4, -0.2) is 40.5 Å². The summed E-state index contributed by atoms with van der Waals surface area (Å²) in [4.78, 5) is 10.9. The molecule has 1 saturated carbocycles. The number of aromatic nitrogens is 2. The lowest BCUT2D eigenvalue weighted by Gasteiger charge is -2.31. The van der Waals surface area contributed by atoms with Crippen LogP contribution in [0.15, 0.2) is 6.33 Å². The maximum absolute atomic E-state index is 6.23. The molecule has 1 saturated heterocycles. The number of halogens is 1. The van der Waals surface area contributed by atoms with Crippen LogP contribution in [0.2, 0.25) is 5.15 Å². The van der Waals surface area contributed by atoms with E-state index in [4.69, 9.17) is 21.1 Å². The minimum absolute atomic E-state index is 0.111. The molecule has 1 aliphatic carbocycles. The zero-order valence-electron chi connectivity index (χ0n) is 13.3. The molecule has 120 valence electrons. The predicted molar refractivity (Wildman–Crippen MR) is 84.1 cm³/mol. The number of fused-ring (bicyclic) bond motifs is 2. The van der Waals surface area contributed by atoms with Gasteiger partial charge in [-0.15, -0.1) is 0 Å². The van der Waals surface area contributed by atoms with Crippen molar-refractivity contribution < 1.29 is 9.47 Å². The van der Waals surface area contributed by atoms with Gasteiger partial charge >= 0.3 is 0 Å². The molecule has 5 nitrogen and oxygen atoms in total. The van der Waals surface area contributed by atoms with Crippen LogP contribution in [0, 0.1) is 5.92 Å². The van der Waals surface area contributed by atoms with E-state index < -0.39 is 5.79 Å². The van der Waals surface area contributed by atoms with Gasteiger partial charge in [-0.25, -0.2) is 9.97 Å². The Morgan fingerprint density at radius 3 is 2.86 bits per heavy atom. The quantitative estimate of drug-likeness (QED) is 0.783. The molecule has 2 fully saturated rings. The first-order valence-electron chi connectivity index (χ1n) is 8.12. The van der Waals surface area contributed by atoms with E-state index in [1.807, 2.05) is 13.8 Å². The fourth-order valence-corrected chi connectivity index (χ4v) is 4.49. The van der Waals surface area contributed by atoms with Gasteiger partial charge in [0.25, 0.3) is 0 Å². The van der Waals surface area contributed by atoms with E-state index in [1.165, 1.54) is 0 Å². The summed E-state index contributed by atoms with van der Waals surface area (Å²) in [5, 5.41) is 0.581. The Morgan fingerprint density at radius 2 is 2.09 bits per heavy atom. The van der Waals surface area contributed by atoms with E-state index in [9.17, 15) is 0 Å². The summed E-state index contributed by atoms with van der Waals surface area (Å²) in [7, 11) is 0. The molecule has 6 heteroatoms. The van der Waals surface area contributed by atoms with E-state index in [1.54, 1.807) is 6.33 Å². The molecule has 0 unspecified atom stereocenters. The second-order valence-corrected chi connectivity index (χ2v) is 7.30. The third kappa shape index (κ3) is 2.14. The van der Waals surface area contributed by atoms with Crippen molar-refractivity contribution in [2.75, 3.05) is 11.4 Å². The Kier molecular flexibility index (Phi) is 3.36. The van der Waals surface area contributed by atoms with Crippen molar-refractivity contribution in [3.8, 4) is 0 Å². The molecule has 3 aliphatic rings. The topological polar surface area (TPSA) is 47.5 Å².